The van der Waals surface area contributed by atoms with Gasteiger partial charge in [-0.3, -0.25) is 0 Å². The quantitative estimate of drug-likeness (QED) is 0.376. The Morgan fingerprint density at radius 1 is 0.864 bits per heavy atom. The van der Waals surface area contributed by atoms with Crippen molar-refractivity contribution in [2.75, 3.05) is 0 Å². The maximum absolute atomic E-state index is 7.53. The van der Waals surface area contributed by atoms with Crippen molar-refractivity contribution in [1.82, 2.24) is 0 Å². The number of halogens is 1. The lowest BCUT2D eigenvalue weighted by Gasteiger charge is -2.48. The summed E-state index contributed by atoms with van der Waals surface area (Å²) in [6, 6.07) is 0. The van der Waals surface area contributed by atoms with Crippen molar-refractivity contribution >= 4 is 24.3 Å². The Morgan fingerprint density at radius 3 is 1.73 bits per heavy atom. The molecule has 0 aromatic heterocycles. The fraction of sp³-hybridized carbons (Fsp3) is 0.850. The molecule has 3 aliphatic rings. The number of hydrogen-bond donors (Lipinski definition) is 0. The van der Waals surface area contributed by atoms with Gasteiger partial charge in [0.25, 0.3) is 0 Å². The van der Waals surface area contributed by atoms with Gasteiger partial charge in [0, 0.05) is 0 Å². The zero-order chi connectivity index (χ0) is 15.6. The third-order valence-corrected chi connectivity index (χ3v) is 13.8. The molecular formula is C20H34ClP. The summed E-state index contributed by atoms with van der Waals surface area (Å²) < 4.78 is 0.156. The van der Waals surface area contributed by atoms with Crippen molar-refractivity contribution in [2.45, 2.75) is 107 Å². The zero-order valence-electron chi connectivity index (χ0n) is 14.6. The van der Waals surface area contributed by atoms with Gasteiger partial charge in [0.15, 0.2) is 0 Å². The van der Waals surface area contributed by atoms with Gasteiger partial charge in [0.1, 0.15) is 0 Å². The van der Waals surface area contributed by atoms with E-state index in [1.807, 2.05) is 0 Å². The van der Waals surface area contributed by atoms with E-state index in [9.17, 15) is 0 Å². The maximum atomic E-state index is 7.53. The summed E-state index contributed by atoms with van der Waals surface area (Å²) in [6.07, 6.45) is 19.5. The van der Waals surface area contributed by atoms with Crippen LogP contribution in [0, 0.1) is 0 Å². The van der Waals surface area contributed by atoms with Crippen molar-refractivity contribution in [1.29, 1.82) is 0 Å². The van der Waals surface area contributed by atoms with E-state index in [1.54, 1.807) is 0 Å². The van der Waals surface area contributed by atoms with E-state index >= 15 is 0 Å². The molecular weight excluding hydrogens is 307 g/mol. The standard InChI is InChI=1S/C20H34ClP/c1-17(2)13-16-22(18-9-3-4-10-18,19-11-5-6-12-19)20(21)14-7-8-15-20/h13,16,18-19H,3-12,14-15H2,1-2H3. The average molecular weight is 341 g/mol. The molecule has 3 fully saturated rings. The van der Waals surface area contributed by atoms with Crippen LogP contribution < -0.4 is 0 Å². The van der Waals surface area contributed by atoms with Crippen LogP contribution >= 0.6 is 18.5 Å². The molecule has 3 rings (SSSR count). The molecule has 126 valence electrons. The normalized spacial score (nSPS) is 26.5. The van der Waals surface area contributed by atoms with Crippen LogP contribution in [0.25, 0.3) is 0 Å². The lowest BCUT2D eigenvalue weighted by Crippen LogP contribution is -2.31. The van der Waals surface area contributed by atoms with Crippen LogP contribution in [-0.2, 0) is 0 Å². The third kappa shape index (κ3) is 3.00. The molecule has 0 nitrogen and oxygen atoms in total. The van der Waals surface area contributed by atoms with Crippen molar-refractivity contribution in [3.8, 4) is 0 Å². The van der Waals surface area contributed by atoms with E-state index < -0.39 is 6.89 Å². The minimum absolute atomic E-state index is 0.156. The second kappa shape index (κ2) is 7.06. The highest BCUT2D eigenvalue weighted by Crippen LogP contribution is 2.77. The van der Waals surface area contributed by atoms with Crippen molar-refractivity contribution < 1.29 is 0 Å². The Balaban J connectivity index is 2.12. The van der Waals surface area contributed by atoms with Crippen molar-refractivity contribution in [2.24, 2.45) is 0 Å². The second-order valence-corrected chi connectivity index (χ2v) is 13.5. The molecule has 2 heteroatoms. The van der Waals surface area contributed by atoms with E-state index in [-0.39, 0.29) is 4.62 Å². The van der Waals surface area contributed by atoms with E-state index in [1.165, 1.54) is 82.6 Å². The molecule has 3 aliphatic carbocycles. The molecule has 0 heterocycles. The topological polar surface area (TPSA) is 0 Å². The lowest BCUT2D eigenvalue weighted by molar-refractivity contribution is 0.734. The number of alkyl halides is 1. The summed E-state index contributed by atoms with van der Waals surface area (Å²) in [7, 11) is 0. The van der Waals surface area contributed by atoms with Gasteiger partial charge in [-0.25, -0.2) is 0 Å². The van der Waals surface area contributed by atoms with Gasteiger partial charge in [0.2, 0.25) is 0 Å². The van der Waals surface area contributed by atoms with Gasteiger partial charge in [-0.15, -0.1) is 11.6 Å². The monoisotopic (exact) mass is 340 g/mol. The Bertz CT molecular complexity index is 434. The van der Waals surface area contributed by atoms with E-state index in [0.717, 1.165) is 11.3 Å². The Kier molecular flexibility index (Phi) is 5.51. The van der Waals surface area contributed by atoms with Crippen LogP contribution in [-0.4, -0.2) is 21.7 Å². The molecule has 0 amide bonds. The summed E-state index contributed by atoms with van der Waals surface area (Å²) >= 11 is 7.53. The summed E-state index contributed by atoms with van der Waals surface area (Å²) in [5.74, 6) is 2.74. The zero-order valence-corrected chi connectivity index (χ0v) is 16.3. The van der Waals surface area contributed by atoms with Gasteiger partial charge < -0.3 is 0 Å². The highest BCUT2D eigenvalue weighted by molar-refractivity contribution is 7.79. The van der Waals surface area contributed by atoms with Crippen LogP contribution in [0.2, 0.25) is 0 Å². The largest absolute Gasteiger partial charge is 0.114 e. The summed E-state index contributed by atoms with van der Waals surface area (Å²) in [4.78, 5) is 0. The molecule has 0 aromatic rings. The van der Waals surface area contributed by atoms with Crippen LogP contribution in [0.1, 0.15) is 90.9 Å². The minimum atomic E-state index is -1.24. The van der Waals surface area contributed by atoms with Gasteiger partial charge in [-0.1, -0.05) is 62.9 Å². The molecule has 0 atom stereocenters. The first kappa shape index (κ1) is 17.2. The summed E-state index contributed by atoms with van der Waals surface area (Å²) in [6.45, 7) is 3.27. The number of rotatable bonds is 4. The highest BCUT2D eigenvalue weighted by atomic mass is 35.5. The Labute approximate surface area is 143 Å². The molecule has 0 aromatic carbocycles. The predicted octanol–water partition coefficient (Wildman–Crippen LogP) is 7.17. The van der Waals surface area contributed by atoms with Gasteiger partial charge in [-0.2, -0.15) is 0 Å². The van der Waals surface area contributed by atoms with Crippen LogP contribution in [0.5, 0.6) is 0 Å². The fourth-order valence-corrected chi connectivity index (χ4v) is 13.6. The summed E-state index contributed by atoms with van der Waals surface area (Å²) in [5.41, 5.74) is 3.35. The SMILES string of the molecule is CC(C)=CC=P(C1CCCC1)(C1CCCC1)C1(Cl)CCCC1. The van der Waals surface area contributed by atoms with Crippen molar-refractivity contribution in [3.63, 3.8) is 0 Å². The van der Waals surface area contributed by atoms with Gasteiger partial charge in [0.05, 0.1) is 4.62 Å². The predicted molar refractivity (Wildman–Crippen MR) is 104 cm³/mol. The molecule has 0 aliphatic heterocycles. The Morgan fingerprint density at radius 2 is 1.32 bits per heavy atom. The summed E-state index contributed by atoms with van der Waals surface area (Å²) in [5, 5.41) is 0. The molecule has 22 heavy (non-hydrogen) atoms. The number of hydrogen-bond acceptors (Lipinski definition) is 0. The first-order chi connectivity index (χ1) is 10.6. The van der Waals surface area contributed by atoms with E-state index in [4.69, 9.17) is 11.6 Å². The van der Waals surface area contributed by atoms with Gasteiger partial charge >= 0.3 is 0 Å². The third-order valence-electron chi connectivity index (χ3n) is 6.58. The van der Waals surface area contributed by atoms with Gasteiger partial charge in [-0.05, 0) is 63.7 Å². The molecule has 0 spiro atoms. The molecule has 3 saturated carbocycles. The molecule has 0 N–H and O–H groups in total. The minimum Gasteiger partial charge on any atom is -0.114 e. The molecule has 0 saturated heterocycles. The van der Waals surface area contributed by atoms with E-state index in [0.29, 0.717) is 0 Å². The van der Waals surface area contributed by atoms with Crippen LogP contribution in [0.3, 0.4) is 0 Å². The maximum Gasteiger partial charge on any atom is 0.0644 e. The number of allylic oxidation sites excluding steroid dienone is 2. The average Bonchev–Trinajstić information content (AvgIpc) is 3.21. The fourth-order valence-electron chi connectivity index (χ4n) is 5.57. The first-order valence-electron chi connectivity index (χ1n) is 9.65. The lowest BCUT2D eigenvalue weighted by atomic mass is 10.3. The smallest absolute Gasteiger partial charge is 0.0644 e. The van der Waals surface area contributed by atoms with Crippen LogP contribution in [0.15, 0.2) is 11.6 Å². The van der Waals surface area contributed by atoms with Crippen molar-refractivity contribution in [3.05, 3.63) is 11.6 Å². The van der Waals surface area contributed by atoms with Crippen LogP contribution in [0.4, 0.5) is 0 Å². The molecule has 0 bridgehead atoms. The molecule has 0 radical (unpaired) electrons. The van der Waals surface area contributed by atoms with E-state index in [2.05, 4.69) is 25.7 Å². The second-order valence-electron chi connectivity index (χ2n) is 8.23. The Hall–Kier alpha value is 0.330. The first-order valence-corrected chi connectivity index (χ1v) is 12.0. The highest BCUT2D eigenvalue weighted by Gasteiger charge is 2.52. The molecule has 0 unspecified atom stereocenters.